The van der Waals surface area contributed by atoms with Crippen LogP contribution in [0.4, 0.5) is 0 Å². The van der Waals surface area contributed by atoms with E-state index >= 15 is 0 Å². The van der Waals surface area contributed by atoms with Crippen molar-refractivity contribution in [3.8, 4) is 17.6 Å². The molecule has 0 saturated carbocycles. The number of fused-ring (bicyclic) bond motifs is 2. The largest absolute Gasteiger partial charge is 0.490 e. The first-order valence-electron chi connectivity index (χ1n) is 9.32. The Morgan fingerprint density at radius 1 is 1.21 bits per heavy atom. The first-order chi connectivity index (χ1) is 13.7. The van der Waals surface area contributed by atoms with Crippen LogP contribution in [0.1, 0.15) is 30.5 Å². The highest BCUT2D eigenvalue weighted by atomic mass is 16.5. The second-order valence-corrected chi connectivity index (χ2v) is 6.85. The van der Waals surface area contributed by atoms with Gasteiger partial charge in [0.1, 0.15) is 12.6 Å². The molecule has 1 aliphatic heterocycles. The Morgan fingerprint density at radius 3 is 2.82 bits per heavy atom. The highest BCUT2D eigenvalue weighted by molar-refractivity contribution is 5.88. The van der Waals surface area contributed by atoms with Crippen LogP contribution < -0.4 is 14.8 Å². The summed E-state index contributed by atoms with van der Waals surface area (Å²) in [6, 6.07) is 15.4. The van der Waals surface area contributed by atoms with E-state index in [1.807, 2.05) is 54.0 Å². The van der Waals surface area contributed by atoms with Gasteiger partial charge in [0.15, 0.2) is 11.5 Å². The van der Waals surface area contributed by atoms with Crippen LogP contribution in [0.25, 0.3) is 10.9 Å². The van der Waals surface area contributed by atoms with Crippen LogP contribution in [0.2, 0.25) is 0 Å². The minimum absolute atomic E-state index is 0.121. The summed E-state index contributed by atoms with van der Waals surface area (Å²) in [4.78, 5) is 12.6. The normalized spacial score (nSPS) is 14.1. The highest BCUT2D eigenvalue weighted by Crippen LogP contribution is 2.32. The summed E-state index contributed by atoms with van der Waals surface area (Å²) in [5.74, 6) is 1.33. The second-order valence-electron chi connectivity index (χ2n) is 6.85. The van der Waals surface area contributed by atoms with Crippen molar-refractivity contribution < 1.29 is 14.3 Å². The minimum atomic E-state index is -0.179. The molecule has 142 valence electrons. The molecule has 6 nitrogen and oxygen atoms in total. The number of nitriles is 1. The Kier molecular flexibility index (Phi) is 4.90. The van der Waals surface area contributed by atoms with Gasteiger partial charge in [0.2, 0.25) is 5.91 Å². The molecule has 6 heteroatoms. The molecule has 0 radical (unpaired) electrons. The molecule has 0 spiro atoms. The van der Waals surface area contributed by atoms with E-state index in [1.165, 1.54) is 0 Å². The first-order valence-corrected chi connectivity index (χ1v) is 9.32. The number of nitrogens with one attached hydrogen (secondary N) is 1. The monoisotopic (exact) mass is 375 g/mol. The number of carbonyl (C=O) groups excluding carboxylic acids is 1. The second kappa shape index (κ2) is 7.65. The lowest BCUT2D eigenvalue weighted by molar-refractivity contribution is -0.122. The molecule has 4 rings (SSSR count). The minimum Gasteiger partial charge on any atom is -0.490 e. The number of para-hydroxylation sites is 1. The number of hydrogen-bond donors (Lipinski definition) is 1. The van der Waals surface area contributed by atoms with Crippen LogP contribution in [0.5, 0.6) is 11.5 Å². The zero-order chi connectivity index (χ0) is 19.5. The van der Waals surface area contributed by atoms with Gasteiger partial charge in [-0.25, -0.2) is 0 Å². The van der Waals surface area contributed by atoms with Gasteiger partial charge in [-0.2, -0.15) is 5.26 Å². The molecule has 0 unspecified atom stereocenters. The fourth-order valence-corrected chi connectivity index (χ4v) is 3.44. The Balaban J connectivity index is 1.48. The summed E-state index contributed by atoms with van der Waals surface area (Å²) < 4.78 is 13.2. The topological polar surface area (TPSA) is 76.3 Å². The summed E-state index contributed by atoms with van der Waals surface area (Å²) in [6.07, 6.45) is 2.58. The molecule has 2 aromatic carbocycles. The number of aromatic nitrogens is 1. The maximum Gasteiger partial charge on any atom is 0.240 e. The number of rotatable bonds is 4. The van der Waals surface area contributed by atoms with Crippen LogP contribution in [0.15, 0.2) is 48.7 Å². The molecule has 0 bridgehead atoms. The van der Waals surface area contributed by atoms with E-state index in [4.69, 9.17) is 9.47 Å². The van der Waals surface area contributed by atoms with Gasteiger partial charge in [-0.3, -0.25) is 4.79 Å². The van der Waals surface area contributed by atoms with Gasteiger partial charge < -0.3 is 19.4 Å². The molecule has 0 saturated heterocycles. The van der Waals surface area contributed by atoms with E-state index in [1.54, 1.807) is 6.20 Å². The third kappa shape index (κ3) is 3.52. The molecule has 28 heavy (non-hydrogen) atoms. The van der Waals surface area contributed by atoms with E-state index < -0.39 is 0 Å². The van der Waals surface area contributed by atoms with Crippen molar-refractivity contribution in [3.63, 3.8) is 0 Å². The number of hydrogen-bond acceptors (Lipinski definition) is 4. The van der Waals surface area contributed by atoms with Crippen molar-refractivity contribution in [3.05, 3.63) is 59.8 Å². The first kappa shape index (κ1) is 17.9. The van der Waals surface area contributed by atoms with Crippen LogP contribution in [-0.4, -0.2) is 23.7 Å². The fourth-order valence-electron chi connectivity index (χ4n) is 3.44. The van der Waals surface area contributed by atoms with Crippen molar-refractivity contribution in [2.75, 3.05) is 13.2 Å². The van der Waals surface area contributed by atoms with E-state index in [0.29, 0.717) is 24.5 Å². The van der Waals surface area contributed by atoms with Gasteiger partial charge in [0.25, 0.3) is 0 Å². The van der Waals surface area contributed by atoms with Crippen LogP contribution >= 0.6 is 0 Å². The smallest absolute Gasteiger partial charge is 0.240 e. The van der Waals surface area contributed by atoms with Crippen molar-refractivity contribution in [2.24, 2.45) is 0 Å². The molecular weight excluding hydrogens is 354 g/mol. The number of nitrogens with zero attached hydrogens (tertiary/aromatic N) is 2. The summed E-state index contributed by atoms with van der Waals surface area (Å²) >= 11 is 0. The highest BCUT2D eigenvalue weighted by Gasteiger charge is 2.16. The molecule has 1 aromatic heterocycles. The van der Waals surface area contributed by atoms with E-state index in [0.717, 1.165) is 28.6 Å². The molecule has 2 heterocycles. The number of ether oxygens (including phenoxy) is 2. The van der Waals surface area contributed by atoms with Gasteiger partial charge in [-0.05, 0) is 30.7 Å². The summed E-state index contributed by atoms with van der Waals surface area (Å²) in [7, 11) is 0. The van der Waals surface area contributed by atoms with E-state index in [-0.39, 0.29) is 18.5 Å². The van der Waals surface area contributed by atoms with E-state index in [2.05, 4.69) is 11.4 Å². The Hall–Kier alpha value is -3.46. The molecule has 1 N–H and O–H groups in total. The Labute approximate surface area is 163 Å². The lowest BCUT2D eigenvalue weighted by atomic mass is 10.1. The Morgan fingerprint density at radius 2 is 2.00 bits per heavy atom. The quantitative estimate of drug-likeness (QED) is 0.757. The predicted molar refractivity (Wildman–Crippen MR) is 105 cm³/mol. The predicted octanol–water partition coefficient (Wildman–Crippen LogP) is 3.55. The molecule has 3 aromatic rings. The van der Waals surface area contributed by atoms with E-state index in [9.17, 15) is 10.1 Å². The van der Waals surface area contributed by atoms with Gasteiger partial charge in [0, 0.05) is 23.5 Å². The van der Waals surface area contributed by atoms with Crippen LogP contribution in [0, 0.1) is 11.3 Å². The lowest BCUT2D eigenvalue weighted by Crippen LogP contribution is -2.29. The van der Waals surface area contributed by atoms with Gasteiger partial charge in [-0.1, -0.05) is 24.3 Å². The van der Waals surface area contributed by atoms with Crippen molar-refractivity contribution in [1.29, 1.82) is 5.26 Å². The molecule has 0 aliphatic carbocycles. The summed E-state index contributed by atoms with van der Waals surface area (Å²) in [6.45, 7) is 3.36. The average molecular weight is 375 g/mol. The lowest BCUT2D eigenvalue weighted by Gasteiger charge is -2.17. The SMILES string of the molecule is C[C@@H](NC(=O)Cn1cc(C#N)c2ccccc21)c1ccc2c(c1)OCCCO2. The fraction of sp³-hybridized carbons (Fsp3) is 0.273. The summed E-state index contributed by atoms with van der Waals surface area (Å²) in [5.41, 5.74) is 2.39. The zero-order valence-corrected chi connectivity index (χ0v) is 15.6. The van der Waals surface area contributed by atoms with Gasteiger partial charge in [-0.15, -0.1) is 0 Å². The average Bonchev–Trinajstić information content (AvgIpc) is 2.89. The number of benzene rings is 2. The number of amides is 1. The van der Waals surface area contributed by atoms with Crippen LogP contribution in [0.3, 0.4) is 0 Å². The third-order valence-electron chi connectivity index (χ3n) is 4.87. The van der Waals surface area contributed by atoms with Gasteiger partial charge >= 0.3 is 0 Å². The molecular formula is C22H21N3O3. The van der Waals surface area contributed by atoms with Crippen molar-refractivity contribution in [2.45, 2.75) is 25.9 Å². The maximum atomic E-state index is 12.6. The molecule has 1 atom stereocenters. The van der Waals surface area contributed by atoms with Gasteiger partial charge in [0.05, 0.1) is 24.8 Å². The van der Waals surface area contributed by atoms with Crippen molar-refractivity contribution in [1.82, 2.24) is 9.88 Å². The molecule has 1 aliphatic rings. The standard InChI is InChI=1S/C22H21N3O3/c1-15(16-7-8-20-21(11-16)28-10-4-9-27-20)24-22(26)14-25-13-17(12-23)18-5-2-3-6-19(18)25/h2-3,5-8,11,13,15H,4,9-10,14H2,1H3,(H,24,26)/t15-/m1/s1. The van der Waals surface area contributed by atoms with Crippen LogP contribution in [-0.2, 0) is 11.3 Å². The maximum absolute atomic E-state index is 12.6. The summed E-state index contributed by atoms with van der Waals surface area (Å²) in [5, 5.41) is 13.2. The molecule has 1 amide bonds. The molecule has 0 fully saturated rings. The Bertz CT molecular complexity index is 1060. The third-order valence-corrected chi connectivity index (χ3v) is 4.87. The van der Waals surface area contributed by atoms with Crippen molar-refractivity contribution >= 4 is 16.8 Å². The zero-order valence-electron chi connectivity index (χ0n) is 15.6. The number of carbonyl (C=O) groups is 1.